The van der Waals surface area contributed by atoms with Crippen LogP contribution in [0.5, 0.6) is 0 Å². The number of hydrogen-bond acceptors (Lipinski definition) is 2. The number of hydrogen-bond donors (Lipinski definition) is 1. The number of carboxylic acids is 1. The second-order valence-corrected chi connectivity index (χ2v) is 7.95. The molecule has 0 bridgehead atoms. The monoisotopic (exact) mass is 355 g/mol. The molecule has 0 amide bonds. The second-order valence-electron chi connectivity index (χ2n) is 7.95. The van der Waals surface area contributed by atoms with E-state index in [0.29, 0.717) is 0 Å². The van der Waals surface area contributed by atoms with Gasteiger partial charge in [-0.25, -0.2) is 0 Å². The highest BCUT2D eigenvalue weighted by Crippen LogP contribution is 2.15. The average molecular weight is 356 g/mol. The van der Waals surface area contributed by atoms with Crippen molar-refractivity contribution in [3.63, 3.8) is 0 Å². The molecule has 0 aliphatic rings. The quantitative estimate of drug-likeness (QED) is 0.264. The molecule has 0 aromatic heterocycles. The topological polar surface area (TPSA) is 40.5 Å². The maximum atomic E-state index is 10.8. The third-order valence-corrected chi connectivity index (χ3v) is 5.28. The summed E-state index contributed by atoms with van der Waals surface area (Å²) in [5.41, 5.74) is 0. The summed E-state index contributed by atoms with van der Waals surface area (Å²) in [6.07, 6.45) is 21.9. The van der Waals surface area contributed by atoms with Crippen LogP contribution >= 0.6 is 0 Å². The zero-order valence-electron chi connectivity index (χ0n) is 17.4. The molecule has 0 rings (SSSR count). The van der Waals surface area contributed by atoms with E-state index in [9.17, 15) is 4.79 Å². The van der Waals surface area contributed by atoms with Crippen LogP contribution in [0.3, 0.4) is 0 Å². The Morgan fingerprint density at radius 2 is 1.08 bits per heavy atom. The molecule has 0 fully saturated rings. The van der Waals surface area contributed by atoms with Crippen molar-refractivity contribution in [2.75, 3.05) is 14.1 Å². The summed E-state index contributed by atoms with van der Waals surface area (Å²) in [5, 5.41) is 8.93. The van der Waals surface area contributed by atoms with Gasteiger partial charge < -0.3 is 10.0 Å². The van der Waals surface area contributed by atoms with Gasteiger partial charge in [-0.05, 0) is 20.5 Å². The Balaban J connectivity index is 3.26. The molecule has 0 saturated heterocycles. The fourth-order valence-corrected chi connectivity index (χ4v) is 3.50. The first-order chi connectivity index (χ1) is 12.1. The molecule has 3 nitrogen and oxygen atoms in total. The fourth-order valence-electron chi connectivity index (χ4n) is 3.50. The normalized spacial score (nSPS) is 12.6. The molecule has 0 heterocycles. The van der Waals surface area contributed by atoms with Crippen LogP contribution in [0.2, 0.25) is 0 Å². The molecule has 0 aliphatic heterocycles. The lowest BCUT2D eigenvalue weighted by atomic mass is 10.0. The van der Waals surface area contributed by atoms with Gasteiger partial charge in [0.1, 0.15) is 0 Å². The van der Waals surface area contributed by atoms with Crippen LogP contribution < -0.4 is 0 Å². The smallest absolute Gasteiger partial charge is 0.304 e. The van der Waals surface area contributed by atoms with Crippen molar-refractivity contribution in [1.82, 2.24) is 4.90 Å². The molecule has 1 atom stereocenters. The molecule has 25 heavy (non-hydrogen) atoms. The van der Waals surface area contributed by atoms with Crippen molar-refractivity contribution in [2.24, 2.45) is 0 Å². The minimum absolute atomic E-state index is 0.194. The Kier molecular flexibility index (Phi) is 17.8. The van der Waals surface area contributed by atoms with E-state index in [1.165, 1.54) is 89.9 Å². The van der Waals surface area contributed by atoms with Gasteiger partial charge in [0.25, 0.3) is 0 Å². The Morgan fingerprint density at radius 3 is 1.40 bits per heavy atom. The molecular weight excluding hydrogens is 310 g/mol. The van der Waals surface area contributed by atoms with Crippen LogP contribution in [0.4, 0.5) is 0 Å². The Morgan fingerprint density at radius 1 is 0.720 bits per heavy atom. The molecular formula is C22H45NO2. The first kappa shape index (κ1) is 24.4. The molecule has 0 saturated carbocycles. The molecule has 1 unspecified atom stereocenters. The van der Waals surface area contributed by atoms with E-state index in [0.717, 1.165) is 12.8 Å². The summed E-state index contributed by atoms with van der Waals surface area (Å²) in [6.45, 7) is 2.28. The zero-order valence-corrected chi connectivity index (χ0v) is 17.4. The molecule has 3 heteroatoms. The lowest BCUT2D eigenvalue weighted by Crippen LogP contribution is -2.30. The fraction of sp³-hybridized carbons (Fsp3) is 0.955. The predicted molar refractivity (Wildman–Crippen MR) is 109 cm³/mol. The van der Waals surface area contributed by atoms with E-state index in [1.54, 1.807) is 0 Å². The van der Waals surface area contributed by atoms with Crippen molar-refractivity contribution in [3.05, 3.63) is 0 Å². The van der Waals surface area contributed by atoms with Gasteiger partial charge >= 0.3 is 5.97 Å². The number of nitrogens with zero attached hydrogens (tertiary/aromatic N) is 1. The molecule has 150 valence electrons. The Bertz CT molecular complexity index is 292. The molecule has 1 N–H and O–H groups in total. The Hall–Kier alpha value is -0.570. The van der Waals surface area contributed by atoms with Gasteiger partial charge in [0, 0.05) is 6.04 Å². The number of aliphatic carboxylic acids is 1. The molecule has 0 aromatic rings. The highest BCUT2D eigenvalue weighted by Gasteiger charge is 2.14. The summed E-state index contributed by atoms with van der Waals surface area (Å²) < 4.78 is 0. The van der Waals surface area contributed by atoms with Crippen LogP contribution in [0.25, 0.3) is 0 Å². The van der Waals surface area contributed by atoms with Gasteiger partial charge in [0.15, 0.2) is 0 Å². The van der Waals surface area contributed by atoms with Gasteiger partial charge in [-0.1, -0.05) is 103 Å². The maximum absolute atomic E-state index is 10.8. The number of unbranched alkanes of at least 4 members (excludes halogenated alkanes) is 14. The van der Waals surface area contributed by atoms with Crippen molar-refractivity contribution >= 4 is 5.97 Å². The van der Waals surface area contributed by atoms with E-state index < -0.39 is 5.97 Å². The van der Waals surface area contributed by atoms with E-state index in [-0.39, 0.29) is 12.5 Å². The molecule has 0 aromatic carbocycles. The van der Waals surface area contributed by atoms with Gasteiger partial charge in [-0.3, -0.25) is 4.79 Å². The summed E-state index contributed by atoms with van der Waals surface area (Å²) >= 11 is 0. The van der Waals surface area contributed by atoms with Gasteiger partial charge in [0.05, 0.1) is 6.42 Å². The molecule has 0 radical (unpaired) electrons. The van der Waals surface area contributed by atoms with Crippen LogP contribution in [0.1, 0.15) is 116 Å². The summed E-state index contributed by atoms with van der Waals surface area (Å²) in [4.78, 5) is 12.9. The lowest BCUT2D eigenvalue weighted by molar-refractivity contribution is -0.138. The second kappa shape index (κ2) is 18.2. The first-order valence-electron chi connectivity index (χ1n) is 11.0. The van der Waals surface area contributed by atoms with Gasteiger partial charge in [-0.15, -0.1) is 0 Å². The van der Waals surface area contributed by atoms with E-state index in [4.69, 9.17) is 5.11 Å². The third kappa shape index (κ3) is 18.0. The van der Waals surface area contributed by atoms with Crippen molar-refractivity contribution in [1.29, 1.82) is 0 Å². The van der Waals surface area contributed by atoms with Crippen molar-refractivity contribution in [2.45, 2.75) is 122 Å². The number of rotatable bonds is 19. The summed E-state index contributed by atoms with van der Waals surface area (Å²) in [6, 6.07) is 0.194. The summed E-state index contributed by atoms with van der Waals surface area (Å²) in [5.74, 6) is -0.681. The first-order valence-corrected chi connectivity index (χ1v) is 11.0. The van der Waals surface area contributed by atoms with Crippen molar-refractivity contribution < 1.29 is 9.90 Å². The predicted octanol–water partition coefficient (Wildman–Crippen LogP) is 6.65. The van der Waals surface area contributed by atoms with Gasteiger partial charge in [-0.2, -0.15) is 0 Å². The van der Waals surface area contributed by atoms with Gasteiger partial charge in [0.2, 0.25) is 0 Å². The van der Waals surface area contributed by atoms with Crippen molar-refractivity contribution in [3.8, 4) is 0 Å². The Labute approximate surface area is 157 Å². The third-order valence-electron chi connectivity index (χ3n) is 5.28. The highest BCUT2D eigenvalue weighted by molar-refractivity contribution is 5.67. The van der Waals surface area contributed by atoms with Crippen LogP contribution in [0, 0.1) is 0 Å². The van der Waals surface area contributed by atoms with Crippen LogP contribution in [-0.4, -0.2) is 36.1 Å². The van der Waals surface area contributed by atoms with Crippen LogP contribution in [-0.2, 0) is 4.79 Å². The summed E-state index contributed by atoms with van der Waals surface area (Å²) in [7, 11) is 3.97. The average Bonchev–Trinajstić information content (AvgIpc) is 2.56. The number of carboxylic acid groups (broad SMARTS) is 1. The standard InChI is InChI=1S/C22H45NO2/c1-4-5-6-7-8-9-10-11-12-13-14-15-16-17-18-19-21(23(2)3)20-22(24)25/h21H,4-20H2,1-3H3,(H,24,25). The number of carbonyl (C=O) groups is 1. The maximum Gasteiger partial charge on any atom is 0.304 e. The lowest BCUT2D eigenvalue weighted by Gasteiger charge is -2.22. The minimum atomic E-state index is -0.681. The zero-order chi connectivity index (χ0) is 18.8. The molecule has 0 aliphatic carbocycles. The van der Waals surface area contributed by atoms with Crippen LogP contribution in [0.15, 0.2) is 0 Å². The van der Waals surface area contributed by atoms with E-state index >= 15 is 0 Å². The largest absolute Gasteiger partial charge is 0.481 e. The van der Waals surface area contributed by atoms with E-state index in [2.05, 4.69) is 11.8 Å². The van der Waals surface area contributed by atoms with E-state index in [1.807, 2.05) is 14.1 Å². The minimum Gasteiger partial charge on any atom is -0.481 e. The highest BCUT2D eigenvalue weighted by atomic mass is 16.4. The SMILES string of the molecule is CCCCCCCCCCCCCCCCCC(CC(=O)O)N(C)C. The molecule has 0 spiro atoms.